The lowest BCUT2D eigenvalue weighted by Crippen LogP contribution is -2.39. The van der Waals surface area contributed by atoms with Crippen molar-refractivity contribution in [2.75, 3.05) is 32.1 Å². The number of carbonyl (C=O) groups excluding carboxylic acids is 2. The third kappa shape index (κ3) is 8.20. The molecule has 0 saturated heterocycles. The smallest absolute Gasteiger partial charge is 0.410 e. The van der Waals surface area contributed by atoms with Crippen molar-refractivity contribution < 1.29 is 23.8 Å². The molecule has 9 nitrogen and oxygen atoms in total. The van der Waals surface area contributed by atoms with E-state index in [1.165, 1.54) is 6.20 Å². The van der Waals surface area contributed by atoms with Crippen molar-refractivity contribution in [1.82, 2.24) is 14.9 Å². The van der Waals surface area contributed by atoms with Crippen molar-refractivity contribution in [3.63, 3.8) is 0 Å². The van der Waals surface area contributed by atoms with E-state index in [0.29, 0.717) is 36.3 Å². The molecule has 1 N–H and O–H groups in total. The van der Waals surface area contributed by atoms with E-state index in [0.717, 1.165) is 23.3 Å². The number of nitrogens with one attached hydrogen (secondary N) is 1. The standard InChI is InChI=1S/C26H33ClN4O5/c1-17(16-34-5)35-22-12-23(29-14-20(22)27)30-24(32)11-18-8-9-21(28-13-18)19-7-6-10-31(15-19)25(33)36-26(2,3)4/h7-9,12-14,17H,6,10-11,15-16H2,1-5H3,(H,29,30,32)/t17-/m1/s1. The van der Waals surface area contributed by atoms with Crippen LogP contribution in [-0.2, 0) is 20.7 Å². The lowest BCUT2D eigenvalue weighted by atomic mass is 10.0. The number of methoxy groups -OCH3 is 1. The lowest BCUT2D eigenvalue weighted by molar-refractivity contribution is -0.115. The molecule has 1 aliphatic heterocycles. The molecule has 0 aromatic carbocycles. The van der Waals surface area contributed by atoms with E-state index in [-0.39, 0.29) is 24.5 Å². The van der Waals surface area contributed by atoms with Crippen molar-refractivity contribution in [2.45, 2.75) is 52.2 Å². The number of pyridine rings is 2. The van der Waals surface area contributed by atoms with Gasteiger partial charge in [-0.15, -0.1) is 0 Å². The zero-order valence-electron chi connectivity index (χ0n) is 21.3. The summed E-state index contributed by atoms with van der Waals surface area (Å²) < 4.78 is 16.3. The fourth-order valence-corrected chi connectivity index (χ4v) is 3.72. The minimum Gasteiger partial charge on any atom is -0.487 e. The van der Waals surface area contributed by atoms with E-state index in [2.05, 4.69) is 21.4 Å². The molecule has 1 aliphatic rings. The number of anilines is 1. The van der Waals surface area contributed by atoms with E-state index >= 15 is 0 Å². The summed E-state index contributed by atoms with van der Waals surface area (Å²) in [5, 5.41) is 3.11. The quantitative estimate of drug-likeness (QED) is 0.540. The normalized spacial score (nSPS) is 14.6. The van der Waals surface area contributed by atoms with Gasteiger partial charge in [0.05, 0.1) is 31.5 Å². The molecule has 0 bridgehead atoms. The first-order chi connectivity index (χ1) is 17.0. The van der Waals surface area contributed by atoms with Gasteiger partial charge in [0.25, 0.3) is 0 Å². The highest BCUT2D eigenvalue weighted by molar-refractivity contribution is 6.32. The van der Waals surface area contributed by atoms with E-state index < -0.39 is 5.60 Å². The molecule has 2 amide bonds. The first-order valence-corrected chi connectivity index (χ1v) is 12.1. The zero-order chi connectivity index (χ0) is 26.3. The highest BCUT2D eigenvalue weighted by atomic mass is 35.5. The predicted octanol–water partition coefficient (Wildman–Crippen LogP) is 4.75. The number of carbonyl (C=O) groups is 2. The second-order valence-corrected chi connectivity index (χ2v) is 9.99. The largest absolute Gasteiger partial charge is 0.487 e. The first-order valence-electron chi connectivity index (χ1n) is 11.8. The Hall–Kier alpha value is -3.17. The zero-order valence-corrected chi connectivity index (χ0v) is 22.1. The minimum absolute atomic E-state index is 0.122. The van der Waals surface area contributed by atoms with Gasteiger partial charge >= 0.3 is 6.09 Å². The maximum atomic E-state index is 12.6. The Morgan fingerprint density at radius 3 is 2.67 bits per heavy atom. The van der Waals surface area contributed by atoms with E-state index in [9.17, 15) is 9.59 Å². The third-order valence-electron chi connectivity index (χ3n) is 5.14. The summed E-state index contributed by atoms with van der Waals surface area (Å²) in [7, 11) is 1.59. The number of nitrogens with zero attached hydrogens (tertiary/aromatic N) is 3. The van der Waals surface area contributed by atoms with Crippen LogP contribution in [0, 0.1) is 0 Å². The number of ether oxygens (including phenoxy) is 3. The second-order valence-electron chi connectivity index (χ2n) is 9.58. The summed E-state index contributed by atoms with van der Waals surface area (Å²) in [6.07, 6.45) is 5.48. The average Bonchev–Trinajstić information content (AvgIpc) is 2.81. The fourth-order valence-electron chi connectivity index (χ4n) is 3.57. The minimum atomic E-state index is -0.544. The Bertz CT molecular complexity index is 1100. The highest BCUT2D eigenvalue weighted by Gasteiger charge is 2.25. The second kappa shape index (κ2) is 12.2. The van der Waals surface area contributed by atoms with Gasteiger partial charge in [0.15, 0.2) is 0 Å². The number of amides is 2. The summed E-state index contributed by atoms with van der Waals surface area (Å²) in [4.78, 5) is 35.3. The number of halogens is 1. The van der Waals surface area contributed by atoms with E-state index in [1.54, 1.807) is 24.3 Å². The monoisotopic (exact) mass is 516 g/mol. The van der Waals surface area contributed by atoms with E-state index in [4.69, 9.17) is 25.8 Å². The van der Waals surface area contributed by atoms with Gasteiger partial charge in [-0.1, -0.05) is 23.7 Å². The molecule has 0 radical (unpaired) electrons. The highest BCUT2D eigenvalue weighted by Crippen LogP contribution is 2.27. The van der Waals surface area contributed by atoms with Gasteiger partial charge in [0.2, 0.25) is 5.91 Å². The predicted molar refractivity (Wildman–Crippen MR) is 138 cm³/mol. The summed E-state index contributed by atoms with van der Waals surface area (Å²) in [5.74, 6) is 0.505. The maximum Gasteiger partial charge on any atom is 0.410 e. The Morgan fingerprint density at radius 2 is 2.00 bits per heavy atom. The summed E-state index contributed by atoms with van der Waals surface area (Å²) in [6, 6.07) is 5.29. The molecule has 1 atom stereocenters. The van der Waals surface area contributed by atoms with Gasteiger partial charge in [0, 0.05) is 25.9 Å². The topological polar surface area (TPSA) is 103 Å². The van der Waals surface area contributed by atoms with Crippen molar-refractivity contribution in [2.24, 2.45) is 0 Å². The molecule has 0 spiro atoms. The van der Waals surface area contributed by atoms with Crippen LogP contribution >= 0.6 is 11.6 Å². The Kier molecular flexibility index (Phi) is 9.28. The molecule has 0 unspecified atom stereocenters. The van der Waals surface area contributed by atoms with Crippen molar-refractivity contribution >= 4 is 35.0 Å². The van der Waals surface area contributed by atoms with E-state index in [1.807, 2.05) is 39.8 Å². The molecule has 10 heteroatoms. The molecular formula is C26H33ClN4O5. The Balaban J connectivity index is 1.58. The van der Waals surface area contributed by atoms with Crippen LogP contribution in [0.4, 0.5) is 10.6 Å². The third-order valence-corrected chi connectivity index (χ3v) is 5.42. The molecule has 2 aromatic heterocycles. The molecule has 194 valence electrons. The molecule has 3 heterocycles. The van der Waals surface area contributed by atoms with Gasteiger partial charge < -0.3 is 24.4 Å². The summed E-state index contributed by atoms with van der Waals surface area (Å²) in [6.45, 7) is 8.83. The van der Waals surface area contributed by atoms with Crippen LogP contribution in [0.2, 0.25) is 5.02 Å². The van der Waals surface area contributed by atoms with Gasteiger partial charge in [-0.25, -0.2) is 9.78 Å². The summed E-state index contributed by atoms with van der Waals surface area (Å²) >= 11 is 6.16. The van der Waals surface area contributed by atoms with Crippen LogP contribution in [0.3, 0.4) is 0 Å². The Labute approximate surface area is 216 Å². The number of rotatable bonds is 8. The lowest BCUT2D eigenvalue weighted by Gasteiger charge is -2.30. The first kappa shape index (κ1) is 27.4. The van der Waals surface area contributed by atoms with Crippen LogP contribution in [0.5, 0.6) is 5.75 Å². The maximum absolute atomic E-state index is 12.6. The van der Waals surface area contributed by atoms with Crippen LogP contribution in [0.15, 0.2) is 36.7 Å². The Morgan fingerprint density at radius 1 is 1.22 bits per heavy atom. The molecule has 2 aromatic rings. The average molecular weight is 517 g/mol. The molecule has 36 heavy (non-hydrogen) atoms. The number of hydrogen-bond donors (Lipinski definition) is 1. The summed E-state index contributed by atoms with van der Waals surface area (Å²) in [5.41, 5.74) is 1.91. The molecule has 0 saturated carbocycles. The van der Waals surface area contributed by atoms with Crippen molar-refractivity contribution in [3.05, 3.63) is 52.9 Å². The van der Waals surface area contributed by atoms with Gasteiger partial charge in [0.1, 0.15) is 28.3 Å². The van der Waals surface area contributed by atoms with Crippen LogP contribution in [-0.4, -0.2) is 65.4 Å². The number of hydrogen-bond acceptors (Lipinski definition) is 7. The van der Waals surface area contributed by atoms with Crippen LogP contribution in [0.1, 0.15) is 45.4 Å². The number of aromatic nitrogens is 2. The SMILES string of the molecule is COC[C@@H](C)Oc1cc(NC(=O)Cc2ccc(C3=CCCN(C(=O)OC(C)(C)C)C3)nc2)ncc1Cl. The fraction of sp³-hybridized carbons (Fsp3) is 0.462. The van der Waals surface area contributed by atoms with Crippen LogP contribution < -0.4 is 10.1 Å². The molecule has 3 rings (SSSR count). The van der Waals surface area contributed by atoms with Gasteiger partial charge in [-0.05, 0) is 51.3 Å². The van der Waals surface area contributed by atoms with Crippen molar-refractivity contribution in [1.29, 1.82) is 0 Å². The van der Waals surface area contributed by atoms with Crippen molar-refractivity contribution in [3.8, 4) is 5.75 Å². The molecular weight excluding hydrogens is 484 g/mol. The molecule has 0 aliphatic carbocycles. The van der Waals surface area contributed by atoms with Gasteiger partial charge in [-0.2, -0.15) is 0 Å². The molecule has 0 fully saturated rings. The van der Waals surface area contributed by atoms with Crippen LogP contribution in [0.25, 0.3) is 5.57 Å². The van der Waals surface area contributed by atoms with Gasteiger partial charge in [-0.3, -0.25) is 9.78 Å².